The van der Waals surface area contributed by atoms with Crippen LogP contribution in [0.3, 0.4) is 0 Å². The molecule has 29 heavy (non-hydrogen) atoms. The normalized spacial score (nSPS) is 22.0. The fourth-order valence-corrected chi connectivity index (χ4v) is 4.98. The Bertz CT molecular complexity index is 793. The minimum Gasteiger partial charge on any atom is -0.379 e. The van der Waals surface area contributed by atoms with Crippen molar-refractivity contribution in [2.75, 3.05) is 53.5 Å². The molecule has 1 unspecified atom stereocenters. The Kier molecular flexibility index (Phi) is 7.64. The van der Waals surface area contributed by atoms with Crippen molar-refractivity contribution in [3.05, 3.63) is 35.4 Å². The van der Waals surface area contributed by atoms with Gasteiger partial charge in [-0.15, -0.1) is 0 Å². The van der Waals surface area contributed by atoms with E-state index in [1.165, 1.54) is 28.3 Å². The summed E-state index contributed by atoms with van der Waals surface area (Å²) in [5.41, 5.74) is 2.28. The van der Waals surface area contributed by atoms with E-state index in [1.54, 1.807) is 0 Å². The van der Waals surface area contributed by atoms with E-state index < -0.39 is 10.2 Å². The number of carbonyl (C=O) groups is 1. The first-order valence-corrected chi connectivity index (χ1v) is 11.6. The molecule has 8 nitrogen and oxygen atoms in total. The Labute approximate surface area is 174 Å². The minimum atomic E-state index is -3.48. The highest BCUT2D eigenvalue weighted by Crippen LogP contribution is 2.20. The van der Waals surface area contributed by atoms with Crippen LogP contribution in [-0.2, 0) is 32.8 Å². The quantitative estimate of drug-likeness (QED) is 0.695. The molecule has 1 atom stereocenters. The molecule has 0 aromatic heterocycles. The molecule has 0 saturated carbocycles. The first-order chi connectivity index (χ1) is 13.9. The van der Waals surface area contributed by atoms with Gasteiger partial charge in [0.05, 0.1) is 19.1 Å². The van der Waals surface area contributed by atoms with Gasteiger partial charge < -0.3 is 10.1 Å². The van der Waals surface area contributed by atoms with Crippen molar-refractivity contribution >= 4 is 16.1 Å². The Morgan fingerprint density at radius 1 is 1.21 bits per heavy atom. The topological polar surface area (TPSA) is 82.2 Å². The van der Waals surface area contributed by atoms with E-state index in [9.17, 15) is 13.2 Å². The summed E-state index contributed by atoms with van der Waals surface area (Å²) in [4.78, 5) is 15.0. The standard InChI is InChI=1S/C20H32N4O4S/c1-22(2)29(26,27)24-8-4-7-19(16-24)20(25)21-14-17-5-3-6-18(13-17)15-23-9-11-28-12-10-23/h3,5-6,13,19H,4,7-12,14-16H2,1-2H3,(H,21,25). The van der Waals surface area contributed by atoms with Gasteiger partial charge in [0, 0.05) is 53.4 Å². The van der Waals surface area contributed by atoms with Crippen molar-refractivity contribution in [1.29, 1.82) is 0 Å². The van der Waals surface area contributed by atoms with Crippen LogP contribution >= 0.6 is 0 Å². The molecule has 162 valence electrons. The number of rotatable bonds is 7. The van der Waals surface area contributed by atoms with Gasteiger partial charge in [-0.1, -0.05) is 24.3 Å². The fraction of sp³-hybridized carbons (Fsp3) is 0.650. The number of ether oxygens (including phenoxy) is 1. The summed E-state index contributed by atoms with van der Waals surface area (Å²) < 4.78 is 32.7. The van der Waals surface area contributed by atoms with E-state index in [1.807, 2.05) is 12.1 Å². The molecule has 1 amide bonds. The van der Waals surface area contributed by atoms with E-state index in [0.29, 0.717) is 25.9 Å². The molecular formula is C20H32N4O4S. The first kappa shape index (κ1) is 22.2. The van der Waals surface area contributed by atoms with E-state index >= 15 is 0 Å². The van der Waals surface area contributed by atoms with Gasteiger partial charge in [0.25, 0.3) is 10.2 Å². The number of hydrogen-bond donors (Lipinski definition) is 1. The molecule has 2 fully saturated rings. The monoisotopic (exact) mass is 424 g/mol. The molecule has 1 N–H and O–H groups in total. The van der Waals surface area contributed by atoms with Crippen LogP contribution in [-0.4, -0.2) is 81.3 Å². The van der Waals surface area contributed by atoms with Crippen molar-refractivity contribution in [2.45, 2.75) is 25.9 Å². The highest BCUT2D eigenvalue weighted by molar-refractivity contribution is 7.86. The number of amides is 1. The second-order valence-electron chi connectivity index (χ2n) is 7.91. The van der Waals surface area contributed by atoms with Crippen molar-refractivity contribution in [1.82, 2.24) is 18.8 Å². The maximum Gasteiger partial charge on any atom is 0.281 e. The molecule has 2 aliphatic rings. The second-order valence-corrected chi connectivity index (χ2v) is 10.1. The Morgan fingerprint density at radius 2 is 1.93 bits per heavy atom. The third-order valence-corrected chi connectivity index (χ3v) is 7.42. The van der Waals surface area contributed by atoms with Crippen molar-refractivity contribution < 1.29 is 17.9 Å². The average molecular weight is 425 g/mol. The van der Waals surface area contributed by atoms with Crippen LogP contribution in [0.4, 0.5) is 0 Å². The number of nitrogens with one attached hydrogen (secondary N) is 1. The van der Waals surface area contributed by atoms with Crippen LogP contribution in [0.15, 0.2) is 24.3 Å². The number of piperidine rings is 1. The Hall–Kier alpha value is -1.52. The molecule has 0 spiro atoms. The molecule has 0 aliphatic carbocycles. The summed E-state index contributed by atoms with van der Waals surface area (Å²) in [6.45, 7) is 5.47. The number of nitrogens with zero attached hydrogens (tertiary/aromatic N) is 3. The lowest BCUT2D eigenvalue weighted by Gasteiger charge is -2.32. The molecule has 0 bridgehead atoms. The van der Waals surface area contributed by atoms with Crippen LogP contribution in [0.25, 0.3) is 0 Å². The zero-order chi connectivity index (χ0) is 20.9. The number of benzene rings is 1. The van der Waals surface area contributed by atoms with Gasteiger partial charge >= 0.3 is 0 Å². The van der Waals surface area contributed by atoms with Gasteiger partial charge in [-0.3, -0.25) is 9.69 Å². The molecule has 1 aromatic rings. The third-order valence-electron chi connectivity index (χ3n) is 5.51. The van der Waals surface area contributed by atoms with Gasteiger partial charge in [0.2, 0.25) is 5.91 Å². The van der Waals surface area contributed by atoms with Crippen LogP contribution in [0.2, 0.25) is 0 Å². The molecule has 3 rings (SSSR count). The zero-order valence-corrected chi connectivity index (χ0v) is 18.2. The van der Waals surface area contributed by atoms with Crippen molar-refractivity contribution in [2.24, 2.45) is 5.92 Å². The van der Waals surface area contributed by atoms with Crippen LogP contribution in [0, 0.1) is 5.92 Å². The summed E-state index contributed by atoms with van der Waals surface area (Å²) >= 11 is 0. The molecule has 1 aromatic carbocycles. The highest BCUT2D eigenvalue weighted by atomic mass is 32.2. The van der Waals surface area contributed by atoms with Crippen molar-refractivity contribution in [3.8, 4) is 0 Å². The third kappa shape index (κ3) is 5.99. The largest absolute Gasteiger partial charge is 0.379 e. The summed E-state index contributed by atoms with van der Waals surface area (Å²) in [5.74, 6) is -0.391. The summed E-state index contributed by atoms with van der Waals surface area (Å²) in [7, 11) is -0.447. The molecule has 9 heteroatoms. The van der Waals surface area contributed by atoms with Gasteiger partial charge in [-0.25, -0.2) is 0 Å². The minimum absolute atomic E-state index is 0.0813. The Balaban J connectivity index is 1.53. The van der Waals surface area contributed by atoms with Gasteiger partial charge in [0.1, 0.15) is 0 Å². The molecule has 2 aliphatic heterocycles. The lowest BCUT2D eigenvalue weighted by Crippen LogP contribution is -2.48. The first-order valence-electron chi connectivity index (χ1n) is 10.2. The summed E-state index contributed by atoms with van der Waals surface area (Å²) in [5, 5.41) is 2.99. The van der Waals surface area contributed by atoms with E-state index in [0.717, 1.165) is 38.4 Å². The van der Waals surface area contributed by atoms with E-state index in [2.05, 4.69) is 22.3 Å². The highest BCUT2D eigenvalue weighted by Gasteiger charge is 2.33. The number of morpholine rings is 1. The Morgan fingerprint density at radius 3 is 2.66 bits per heavy atom. The molecule has 0 radical (unpaired) electrons. The van der Waals surface area contributed by atoms with Crippen LogP contribution in [0.1, 0.15) is 24.0 Å². The van der Waals surface area contributed by atoms with Crippen molar-refractivity contribution in [3.63, 3.8) is 0 Å². The smallest absolute Gasteiger partial charge is 0.281 e. The van der Waals surface area contributed by atoms with Gasteiger partial charge in [-0.2, -0.15) is 17.0 Å². The number of hydrogen-bond acceptors (Lipinski definition) is 5. The summed E-state index contributed by atoms with van der Waals surface area (Å²) in [6.07, 6.45) is 1.41. The maximum atomic E-state index is 12.6. The maximum absolute atomic E-state index is 12.6. The van der Waals surface area contributed by atoms with Crippen LogP contribution < -0.4 is 5.32 Å². The van der Waals surface area contributed by atoms with E-state index in [-0.39, 0.29) is 18.4 Å². The van der Waals surface area contributed by atoms with Gasteiger partial charge in [0.15, 0.2) is 0 Å². The molecule has 2 heterocycles. The molecule has 2 saturated heterocycles. The predicted octanol–water partition coefficient (Wildman–Crippen LogP) is 0.653. The fourth-order valence-electron chi connectivity index (χ4n) is 3.79. The predicted molar refractivity (Wildman–Crippen MR) is 111 cm³/mol. The second kappa shape index (κ2) is 9.99. The average Bonchev–Trinajstić information content (AvgIpc) is 2.73. The lowest BCUT2D eigenvalue weighted by molar-refractivity contribution is -0.126. The molecular weight excluding hydrogens is 392 g/mol. The zero-order valence-electron chi connectivity index (χ0n) is 17.3. The van der Waals surface area contributed by atoms with Crippen LogP contribution in [0.5, 0.6) is 0 Å². The number of carbonyl (C=O) groups excluding carboxylic acids is 1. The van der Waals surface area contributed by atoms with Gasteiger partial charge in [-0.05, 0) is 24.0 Å². The SMILES string of the molecule is CN(C)S(=O)(=O)N1CCCC(C(=O)NCc2cccc(CN3CCOCC3)c2)C1. The van der Waals surface area contributed by atoms with E-state index in [4.69, 9.17) is 4.74 Å². The lowest BCUT2D eigenvalue weighted by atomic mass is 9.98. The summed E-state index contributed by atoms with van der Waals surface area (Å²) in [6, 6.07) is 8.25.